The molecule has 1 atom stereocenters. The van der Waals surface area contributed by atoms with Crippen LogP contribution < -0.4 is 0 Å². The second kappa shape index (κ2) is 6.58. The molecule has 1 aromatic carbocycles. The Kier molecular flexibility index (Phi) is 4.16. The SMILES string of the molecule is Cc1cccc(N=C(c2ccccc2)C(C#N)c2nn[nH]n2)n1. The van der Waals surface area contributed by atoms with E-state index in [4.69, 9.17) is 0 Å². The molecule has 112 valence electrons. The van der Waals surface area contributed by atoms with Crippen LogP contribution in [0.15, 0.2) is 53.5 Å². The van der Waals surface area contributed by atoms with E-state index in [-0.39, 0.29) is 5.82 Å². The Labute approximate surface area is 132 Å². The molecule has 0 aliphatic heterocycles. The summed E-state index contributed by atoms with van der Waals surface area (Å²) in [5.74, 6) is 0.0776. The second-order valence-electron chi connectivity index (χ2n) is 4.83. The zero-order chi connectivity index (χ0) is 16.1. The number of aliphatic imine (C=N–C) groups is 1. The summed E-state index contributed by atoms with van der Waals surface area (Å²) in [4.78, 5) is 8.95. The molecule has 3 aromatic rings. The predicted octanol–water partition coefficient (Wildman–Crippen LogP) is 2.33. The minimum absolute atomic E-state index is 0.280. The summed E-state index contributed by atoms with van der Waals surface area (Å²) in [6.07, 6.45) is 0. The van der Waals surface area contributed by atoms with Crippen molar-refractivity contribution in [3.05, 3.63) is 65.6 Å². The Hall–Kier alpha value is -3.40. The van der Waals surface area contributed by atoms with Crippen LogP contribution in [0.1, 0.15) is 23.0 Å². The molecule has 0 amide bonds. The van der Waals surface area contributed by atoms with E-state index in [0.717, 1.165) is 11.3 Å². The van der Waals surface area contributed by atoms with Crippen LogP contribution in [0.25, 0.3) is 0 Å². The molecule has 23 heavy (non-hydrogen) atoms. The van der Waals surface area contributed by atoms with Gasteiger partial charge in [0.25, 0.3) is 0 Å². The quantitative estimate of drug-likeness (QED) is 0.745. The molecule has 7 nitrogen and oxygen atoms in total. The number of hydrogen-bond donors (Lipinski definition) is 1. The van der Waals surface area contributed by atoms with Gasteiger partial charge in [-0.2, -0.15) is 10.5 Å². The first-order valence-electron chi connectivity index (χ1n) is 6.98. The number of pyridine rings is 1. The van der Waals surface area contributed by atoms with Gasteiger partial charge < -0.3 is 0 Å². The van der Waals surface area contributed by atoms with Gasteiger partial charge in [-0.25, -0.2) is 9.98 Å². The lowest BCUT2D eigenvalue weighted by atomic mass is 9.97. The topological polar surface area (TPSA) is 104 Å². The number of benzene rings is 1. The number of aromatic amines is 1. The van der Waals surface area contributed by atoms with Crippen LogP contribution in [0.3, 0.4) is 0 Å². The molecule has 0 fully saturated rings. The van der Waals surface area contributed by atoms with Crippen molar-refractivity contribution in [2.24, 2.45) is 4.99 Å². The predicted molar refractivity (Wildman–Crippen MR) is 84.1 cm³/mol. The molecule has 0 bridgehead atoms. The smallest absolute Gasteiger partial charge is 0.197 e. The molecule has 2 aromatic heterocycles. The van der Waals surface area contributed by atoms with Crippen molar-refractivity contribution in [3.8, 4) is 6.07 Å². The summed E-state index contributed by atoms with van der Waals surface area (Å²) in [5, 5.41) is 23.3. The highest BCUT2D eigenvalue weighted by Gasteiger charge is 2.24. The molecule has 0 saturated heterocycles. The number of rotatable bonds is 4. The minimum atomic E-state index is -0.738. The van der Waals surface area contributed by atoms with Gasteiger partial charge in [0.05, 0.1) is 11.8 Å². The van der Waals surface area contributed by atoms with Gasteiger partial charge in [0.1, 0.15) is 0 Å². The highest BCUT2D eigenvalue weighted by atomic mass is 15.5. The lowest BCUT2D eigenvalue weighted by Gasteiger charge is -2.10. The maximum absolute atomic E-state index is 9.59. The maximum Gasteiger partial charge on any atom is 0.197 e. The maximum atomic E-state index is 9.59. The molecule has 3 rings (SSSR count). The van der Waals surface area contributed by atoms with E-state index in [9.17, 15) is 5.26 Å². The van der Waals surface area contributed by atoms with Crippen LogP contribution in [0.2, 0.25) is 0 Å². The van der Waals surface area contributed by atoms with Crippen molar-refractivity contribution in [1.29, 1.82) is 5.26 Å². The van der Waals surface area contributed by atoms with Crippen LogP contribution in [-0.2, 0) is 0 Å². The van der Waals surface area contributed by atoms with Crippen molar-refractivity contribution >= 4 is 11.5 Å². The van der Waals surface area contributed by atoms with Gasteiger partial charge in [-0.1, -0.05) is 41.6 Å². The van der Waals surface area contributed by atoms with Gasteiger partial charge in [-0.3, -0.25) is 0 Å². The van der Waals surface area contributed by atoms with Gasteiger partial charge in [0.15, 0.2) is 17.6 Å². The highest BCUT2D eigenvalue weighted by Crippen LogP contribution is 2.21. The molecule has 1 unspecified atom stereocenters. The third-order valence-corrected chi connectivity index (χ3v) is 3.20. The largest absolute Gasteiger partial charge is 0.234 e. The minimum Gasteiger partial charge on any atom is -0.234 e. The lowest BCUT2D eigenvalue weighted by molar-refractivity contribution is 0.881. The first-order chi connectivity index (χ1) is 11.3. The number of aryl methyl sites for hydroxylation is 1. The van der Waals surface area contributed by atoms with Crippen molar-refractivity contribution in [2.45, 2.75) is 12.8 Å². The second-order valence-corrected chi connectivity index (χ2v) is 4.83. The molecule has 0 spiro atoms. The van der Waals surface area contributed by atoms with Crippen LogP contribution in [-0.4, -0.2) is 31.3 Å². The van der Waals surface area contributed by atoms with Gasteiger partial charge >= 0.3 is 0 Å². The Bertz CT molecular complexity index is 848. The third kappa shape index (κ3) is 3.27. The number of aromatic nitrogens is 5. The summed E-state index contributed by atoms with van der Waals surface area (Å²) in [6, 6.07) is 17.2. The first kappa shape index (κ1) is 14.5. The van der Waals surface area contributed by atoms with E-state index >= 15 is 0 Å². The Balaban J connectivity index is 2.13. The summed E-state index contributed by atoms with van der Waals surface area (Å²) in [5.41, 5.74) is 2.20. The molecule has 1 N–H and O–H groups in total. The summed E-state index contributed by atoms with van der Waals surface area (Å²) in [6.45, 7) is 1.89. The van der Waals surface area contributed by atoms with Crippen LogP contribution >= 0.6 is 0 Å². The average molecular weight is 303 g/mol. The zero-order valence-electron chi connectivity index (χ0n) is 12.4. The van der Waals surface area contributed by atoms with E-state index in [0.29, 0.717) is 11.5 Å². The van der Waals surface area contributed by atoms with Gasteiger partial charge in [-0.15, -0.1) is 10.2 Å². The van der Waals surface area contributed by atoms with E-state index in [1.54, 1.807) is 6.07 Å². The molecule has 0 saturated carbocycles. The van der Waals surface area contributed by atoms with Crippen molar-refractivity contribution in [1.82, 2.24) is 25.6 Å². The first-order valence-corrected chi connectivity index (χ1v) is 6.98. The number of nitriles is 1. The van der Waals surface area contributed by atoms with Crippen molar-refractivity contribution in [2.75, 3.05) is 0 Å². The standard InChI is InChI=1S/C16H13N7/c1-11-6-5-9-14(18-11)19-15(12-7-3-2-4-8-12)13(10-17)16-20-22-23-21-16/h2-9,13H,1H3,(H,20,21,22,23). The summed E-state index contributed by atoms with van der Waals surface area (Å²) < 4.78 is 0. The Morgan fingerprint density at radius 3 is 2.65 bits per heavy atom. The van der Waals surface area contributed by atoms with Gasteiger partial charge in [-0.05, 0) is 24.6 Å². The van der Waals surface area contributed by atoms with Gasteiger partial charge in [0, 0.05) is 5.69 Å². The average Bonchev–Trinajstić information content (AvgIpc) is 3.10. The molecular formula is C16H13N7. The van der Waals surface area contributed by atoms with E-state index in [1.807, 2.05) is 49.4 Å². The van der Waals surface area contributed by atoms with E-state index in [1.165, 1.54) is 0 Å². The number of H-pyrrole nitrogens is 1. The number of hydrogen-bond acceptors (Lipinski definition) is 6. The number of tetrazole rings is 1. The molecule has 2 heterocycles. The van der Waals surface area contributed by atoms with Crippen molar-refractivity contribution < 1.29 is 0 Å². The van der Waals surface area contributed by atoms with E-state index < -0.39 is 5.92 Å². The van der Waals surface area contributed by atoms with Gasteiger partial charge in [0.2, 0.25) is 0 Å². The summed E-state index contributed by atoms with van der Waals surface area (Å²) in [7, 11) is 0. The Morgan fingerprint density at radius 2 is 2.00 bits per heavy atom. The fourth-order valence-corrected chi connectivity index (χ4v) is 2.15. The summed E-state index contributed by atoms with van der Waals surface area (Å²) >= 11 is 0. The van der Waals surface area contributed by atoms with Crippen LogP contribution in [0.4, 0.5) is 5.82 Å². The molecule has 0 radical (unpaired) electrons. The van der Waals surface area contributed by atoms with E-state index in [2.05, 4.69) is 36.7 Å². The molecule has 0 aliphatic carbocycles. The molecular weight excluding hydrogens is 290 g/mol. The molecule has 0 aliphatic rings. The van der Waals surface area contributed by atoms with Crippen LogP contribution in [0.5, 0.6) is 0 Å². The van der Waals surface area contributed by atoms with Crippen LogP contribution in [0, 0.1) is 18.3 Å². The third-order valence-electron chi connectivity index (χ3n) is 3.20. The monoisotopic (exact) mass is 303 g/mol. The normalized spacial score (nSPS) is 12.6. The Morgan fingerprint density at radius 1 is 1.17 bits per heavy atom. The number of nitrogens with one attached hydrogen (secondary N) is 1. The highest BCUT2D eigenvalue weighted by molar-refractivity contribution is 6.07. The lowest BCUT2D eigenvalue weighted by Crippen LogP contribution is -2.14. The van der Waals surface area contributed by atoms with Crippen molar-refractivity contribution in [3.63, 3.8) is 0 Å². The zero-order valence-corrected chi connectivity index (χ0v) is 12.4. The number of nitrogens with zero attached hydrogens (tertiary/aromatic N) is 6. The fraction of sp³-hybridized carbons (Fsp3) is 0.125. The fourth-order valence-electron chi connectivity index (χ4n) is 2.15. The molecule has 7 heteroatoms.